The number of aromatic nitrogens is 1. The third kappa shape index (κ3) is 3.90. The zero-order valence-electron chi connectivity index (χ0n) is 20.3. The first kappa shape index (κ1) is 23.2. The molecule has 1 fully saturated rings. The Kier molecular flexibility index (Phi) is 5.91. The van der Waals surface area contributed by atoms with Crippen LogP contribution in [0.4, 0.5) is 4.39 Å². The summed E-state index contributed by atoms with van der Waals surface area (Å²) in [7, 11) is 3.17. The molecule has 1 aromatic heterocycles. The predicted molar refractivity (Wildman–Crippen MR) is 130 cm³/mol. The average molecular weight is 480 g/mol. The zero-order valence-corrected chi connectivity index (χ0v) is 20.3. The number of nitrogens with zero attached hydrogens (tertiary/aromatic N) is 2. The highest BCUT2D eigenvalue weighted by molar-refractivity contribution is 6.05. The number of halogens is 1. The smallest absolute Gasteiger partial charge is 0.271 e. The van der Waals surface area contributed by atoms with Gasteiger partial charge in [-0.3, -0.25) is 9.59 Å². The molecule has 0 bridgehead atoms. The molecule has 2 aliphatic rings. The molecule has 2 aromatic carbocycles. The second kappa shape index (κ2) is 8.91. The van der Waals surface area contributed by atoms with Crippen LogP contribution in [0.25, 0.3) is 10.9 Å². The zero-order chi connectivity index (χ0) is 24.7. The van der Waals surface area contributed by atoms with E-state index in [1.807, 2.05) is 4.57 Å². The van der Waals surface area contributed by atoms with Crippen LogP contribution in [0.2, 0.25) is 0 Å². The van der Waals surface area contributed by atoms with Gasteiger partial charge >= 0.3 is 0 Å². The third-order valence-corrected chi connectivity index (χ3v) is 7.38. The van der Waals surface area contributed by atoms with Crippen molar-refractivity contribution in [1.29, 1.82) is 0 Å². The van der Waals surface area contributed by atoms with Crippen molar-refractivity contribution in [3.8, 4) is 11.5 Å². The van der Waals surface area contributed by atoms with Gasteiger partial charge in [-0.15, -0.1) is 0 Å². The van der Waals surface area contributed by atoms with Gasteiger partial charge in [0.25, 0.3) is 5.91 Å². The summed E-state index contributed by atoms with van der Waals surface area (Å²) < 4.78 is 26.6. The highest BCUT2D eigenvalue weighted by Gasteiger charge is 2.48. The summed E-state index contributed by atoms with van der Waals surface area (Å²) in [6.07, 6.45) is 4.05. The standard InChI is InChI=1S/C27H30FN3O4/c1-27(26(33)29-19-6-4-5-7-19)16-30-21(14-20-22(34-2)12-13-23(35-3)24(20)30)25(32)31(27)15-17-8-10-18(28)11-9-17/h8-14,19H,4-7,15-16H2,1-3H3,(H,29,33)/t27-/m1/s1. The van der Waals surface area contributed by atoms with Gasteiger partial charge in [-0.25, -0.2) is 4.39 Å². The summed E-state index contributed by atoms with van der Waals surface area (Å²) in [5.74, 6) is 0.419. The lowest BCUT2D eigenvalue weighted by atomic mass is 9.93. The van der Waals surface area contributed by atoms with Crippen molar-refractivity contribution in [2.75, 3.05) is 14.2 Å². The third-order valence-electron chi connectivity index (χ3n) is 7.38. The average Bonchev–Trinajstić information content (AvgIpc) is 3.50. The number of nitrogens with one attached hydrogen (secondary N) is 1. The van der Waals surface area contributed by atoms with Gasteiger partial charge in [-0.2, -0.15) is 0 Å². The predicted octanol–water partition coefficient (Wildman–Crippen LogP) is 4.27. The van der Waals surface area contributed by atoms with Crippen LogP contribution in [0.1, 0.15) is 48.7 Å². The second-order valence-electron chi connectivity index (χ2n) is 9.59. The number of hydrogen-bond donors (Lipinski definition) is 1. The van der Waals surface area contributed by atoms with Crippen LogP contribution in [-0.4, -0.2) is 47.1 Å². The van der Waals surface area contributed by atoms with Gasteiger partial charge in [0, 0.05) is 18.0 Å². The first-order valence-corrected chi connectivity index (χ1v) is 12.0. The van der Waals surface area contributed by atoms with Gasteiger partial charge in [0.2, 0.25) is 5.91 Å². The van der Waals surface area contributed by atoms with Crippen LogP contribution >= 0.6 is 0 Å². The number of fused-ring (bicyclic) bond motifs is 3. The van der Waals surface area contributed by atoms with Crippen molar-refractivity contribution < 1.29 is 23.5 Å². The number of methoxy groups -OCH3 is 2. The molecular weight excluding hydrogens is 449 g/mol. The minimum Gasteiger partial charge on any atom is -0.496 e. The summed E-state index contributed by atoms with van der Waals surface area (Å²) in [4.78, 5) is 29.4. The molecule has 1 saturated carbocycles. The van der Waals surface area contributed by atoms with E-state index in [1.54, 1.807) is 56.4 Å². The molecule has 1 atom stereocenters. The maximum atomic E-state index is 14.0. The van der Waals surface area contributed by atoms with Gasteiger partial charge < -0.3 is 24.3 Å². The highest BCUT2D eigenvalue weighted by Crippen LogP contribution is 2.40. The molecule has 5 rings (SSSR count). The van der Waals surface area contributed by atoms with E-state index in [0.717, 1.165) is 42.1 Å². The van der Waals surface area contributed by atoms with E-state index in [1.165, 1.54) is 12.1 Å². The molecule has 184 valence electrons. The maximum Gasteiger partial charge on any atom is 0.271 e. The van der Waals surface area contributed by atoms with Crippen LogP contribution in [-0.2, 0) is 17.9 Å². The molecule has 8 heteroatoms. The monoisotopic (exact) mass is 479 g/mol. The molecular formula is C27H30FN3O4. The Bertz CT molecular complexity index is 1280. The molecule has 2 amide bonds. The van der Waals surface area contributed by atoms with Gasteiger partial charge in [0.1, 0.15) is 28.5 Å². The molecule has 2 heterocycles. The Morgan fingerprint density at radius 2 is 1.74 bits per heavy atom. The number of carbonyl (C=O) groups excluding carboxylic acids is 2. The van der Waals surface area contributed by atoms with E-state index in [0.29, 0.717) is 17.2 Å². The van der Waals surface area contributed by atoms with Gasteiger partial charge in [0.15, 0.2) is 0 Å². The molecule has 3 aromatic rings. The van der Waals surface area contributed by atoms with Crippen LogP contribution in [0, 0.1) is 5.82 Å². The molecule has 7 nitrogen and oxygen atoms in total. The molecule has 0 spiro atoms. The van der Waals surface area contributed by atoms with Crippen molar-refractivity contribution in [3.05, 3.63) is 59.5 Å². The Balaban J connectivity index is 1.63. The SMILES string of the molecule is COc1ccc(OC)c2c1cc1n2C[C@](C)(C(=O)NC2CCCC2)N(Cc2ccc(F)cc2)C1=O. The van der Waals surface area contributed by atoms with E-state index in [2.05, 4.69) is 5.32 Å². The summed E-state index contributed by atoms with van der Waals surface area (Å²) in [5.41, 5.74) is 0.758. The summed E-state index contributed by atoms with van der Waals surface area (Å²) in [6.45, 7) is 2.24. The number of rotatable bonds is 6. The molecule has 1 aliphatic heterocycles. The van der Waals surface area contributed by atoms with Gasteiger partial charge in [0.05, 0.1) is 26.3 Å². The number of benzene rings is 2. The Hall–Kier alpha value is -3.55. The minimum absolute atomic E-state index is 0.111. The minimum atomic E-state index is -1.17. The normalized spacial score (nSPS) is 20.2. The quantitative estimate of drug-likeness (QED) is 0.573. The van der Waals surface area contributed by atoms with E-state index < -0.39 is 5.54 Å². The van der Waals surface area contributed by atoms with Gasteiger partial charge in [-0.05, 0) is 55.7 Å². The lowest BCUT2D eigenvalue weighted by Gasteiger charge is -2.44. The largest absolute Gasteiger partial charge is 0.496 e. The van der Waals surface area contributed by atoms with Crippen molar-refractivity contribution in [2.45, 2.75) is 57.3 Å². The maximum absolute atomic E-state index is 14.0. The summed E-state index contributed by atoms with van der Waals surface area (Å²) >= 11 is 0. The fourth-order valence-electron chi connectivity index (χ4n) is 5.39. The molecule has 0 radical (unpaired) electrons. The van der Waals surface area contributed by atoms with E-state index in [9.17, 15) is 14.0 Å². The van der Waals surface area contributed by atoms with E-state index in [4.69, 9.17) is 9.47 Å². The Morgan fingerprint density at radius 3 is 2.40 bits per heavy atom. The van der Waals surface area contributed by atoms with E-state index in [-0.39, 0.29) is 36.8 Å². The molecule has 0 saturated heterocycles. The van der Waals surface area contributed by atoms with Crippen molar-refractivity contribution in [1.82, 2.24) is 14.8 Å². The highest BCUT2D eigenvalue weighted by atomic mass is 19.1. The summed E-state index contributed by atoms with van der Waals surface area (Å²) in [6, 6.07) is 11.5. The van der Waals surface area contributed by atoms with Crippen molar-refractivity contribution in [2.24, 2.45) is 0 Å². The lowest BCUT2D eigenvalue weighted by molar-refractivity contribution is -0.133. The molecule has 0 unspecified atom stereocenters. The molecule has 1 N–H and O–H groups in total. The Labute approximate surface area is 203 Å². The fourth-order valence-corrected chi connectivity index (χ4v) is 5.39. The number of carbonyl (C=O) groups is 2. The number of hydrogen-bond acceptors (Lipinski definition) is 4. The molecule has 1 aliphatic carbocycles. The lowest BCUT2D eigenvalue weighted by Crippen LogP contribution is -2.64. The fraction of sp³-hybridized carbons (Fsp3) is 0.407. The van der Waals surface area contributed by atoms with Crippen LogP contribution in [0.15, 0.2) is 42.5 Å². The van der Waals surface area contributed by atoms with Crippen LogP contribution < -0.4 is 14.8 Å². The first-order chi connectivity index (χ1) is 16.9. The number of ether oxygens (including phenoxy) is 2. The summed E-state index contributed by atoms with van der Waals surface area (Å²) in [5, 5.41) is 3.94. The van der Waals surface area contributed by atoms with Gasteiger partial charge in [-0.1, -0.05) is 25.0 Å². The van der Waals surface area contributed by atoms with Crippen LogP contribution in [0.5, 0.6) is 11.5 Å². The van der Waals surface area contributed by atoms with E-state index >= 15 is 0 Å². The molecule has 35 heavy (non-hydrogen) atoms. The topological polar surface area (TPSA) is 72.8 Å². The number of amides is 2. The van der Waals surface area contributed by atoms with Crippen LogP contribution in [0.3, 0.4) is 0 Å². The van der Waals surface area contributed by atoms with Crippen molar-refractivity contribution in [3.63, 3.8) is 0 Å². The Morgan fingerprint density at radius 1 is 1.09 bits per heavy atom. The van der Waals surface area contributed by atoms with Crippen molar-refractivity contribution >= 4 is 22.7 Å². The first-order valence-electron chi connectivity index (χ1n) is 12.0. The second-order valence-corrected chi connectivity index (χ2v) is 9.59.